The fraction of sp³-hybridized carbons (Fsp3) is 0.688. The SMILES string of the molecule is Cc1csc([C@@H](C#N)C=NCCC[NH+]2CCC(C)CC2)n1. The molecule has 0 bridgehead atoms. The van der Waals surface area contributed by atoms with E-state index in [2.05, 4.69) is 23.0 Å². The van der Waals surface area contributed by atoms with E-state index in [9.17, 15) is 5.26 Å². The summed E-state index contributed by atoms with van der Waals surface area (Å²) in [6, 6.07) is 2.27. The normalized spacial score (nSPS) is 24.0. The Hall–Kier alpha value is -1.25. The molecule has 4 nitrogen and oxygen atoms in total. The van der Waals surface area contributed by atoms with Gasteiger partial charge in [0.25, 0.3) is 0 Å². The molecule has 0 aromatic carbocycles. The van der Waals surface area contributed by atoms with Crippen molar-refractivity contribution in [2.24, 2.45) is 10.9 Å². The average Bonchev–Trinajstić information content (AvgIpc) is 2.91. The van der Waals surface area contributed by atoms with Crippen LogP contribution in [0.5, 0.6) is 0 Å². The van der Waals surface area contributed by atoms with Crippen molar-refractivity contribution in [2.75, 3.05) is 26.2 Å². The highest BCUT2D eigenvalue weighted by Gasteiger charge is 2.17. The number of hydrogen-bond acceptors (Lipinski definition) is 4. The van der Waals surface area contributed by atoms with Gasteiger partial charge in [-0.1, -0.05) is 6.92 Å². The van der Waals surface area contributed by atoms with E-state index >= 15 is 0 Å². The number of aliphatic imine (C=N–C) groups is 1. The lowest BCUT2D eigenvalue weighted by atomic mass is 9.99. The molecule has 0 aliphatic carbocycles. The first-order valence-corrected chi connectivity index (χ1v) is 8.72. The molecule has 1 aromatic heterocycles. The number of hydrogen-bond donors (Lipinski definition) is 1. The van der Waals surface area contributed by atoms with Crippen LogP contribution in [-0.2, 0) is 0 Å². The van der Waals surface area contributed by atoms with Gasteiger partial charge >= 0.3 is 0 Å². The van der Waals surface area contributed by atoms with Crippen molar-refractivity contribution in [3.8, 4) is 6.07 Å². The molecule has 1 aliphatic heterocycles. The molecule has 1 atom stereocenters. The van der Waals surface area contributed by atoms with Crippen LogP contribution in [-0.4, -0.2) is 37.4 Å². The second kappa shape index (κ2) is 8.26. The first-order chi connectivity index (χ1) is 10.2. The number of thiazole rings is 1. The second-order valence-electron chi connectivity index (χ2n) is 6.03. The quantitative estimate of drug-likeness (QED) is 0.644. The lowest BCUT2D eigenvalue weighted by molar-refractivity contribution is -0.906. The molecule has 1 fully saturated rings. The summed E-state index contributed by atoms with van der Waals surface area (Å²) in [7, 11) is 0. The van der Waals surface area contributed by atoms with Crippen LogP contribution in [0.1, 0.15) is 42.8 Å². The summed E-state index contributed by atoms with van der Waals surface area (Å²) < 4.78 is 0. The standard InChI is InChI=1S/C16H24N4S/c1-13-4-8-20(9-5-13)7-3-6-18-11-15(10-17)16-19-14(2)12-21-16/h11-13,15H,3-9H2,1-2H3/p+1/t15-/m0/s1. The summed E-state index contributed by atoms with van der Waals surface area (Å²) in [5.41, 5.74) is 0.978. The van der Waals surface area contributed by atoms with Gasteiger partial charge in [0.1, 0.15) is 10.9 Å². The number of aryl methyl sites for hydroxylation is 1. The summed E-state index contributed by atoms with van der Waals surface area (Å²) in [5.74, 6) is 0.622. The summed E-state index contributed by atoms with van der Waals surface area (Å²) in [4.78, 5) is 10.5. The van der Waals surface area contributed by atoms with Crippen LogP contribution in [0.25, 0.3) is 0 Å². The first-order valence-electron chi connectivity index (χ1n) is 7.84. The average molecular weight is 305 g/mol. The van der Waals surface area contributed by atoms with E-state index in [1.807, 2.05) is 12.3 Å². The van der Waals surface area contributed by atoms with Gasteiger partial charge in [-0.25, -0.2) is 4.98 Å². The molecule has 2 heterocycles. The fourth-order valence-electron chi connectivity index (χ4n) is 2.69. The number of quaternary nitrogens is 1. The van der Waals surface area contributed by atoms with Crippen molar-refractivity contribution >= 4 is 17.6 Å². The van der Waals surface area contributed by atoms with Crippen LogP contribution < -0.4 is 4.90 Å². The minimum Gasteiger partial charge on any atom is -0.335 e. The van der Waals surface area contributed by atoms with E-state index in [0.29, 0.717) is 0 Å². The Labute approximate surface area is 131 Å². The van der Waals surface area contributed by atoms with Crippen LogP contribution in [0.3, 0.4) is 0 Å². The van der Waals surface area contributed by atoms with Crippen molar-refractivity contribution in [1.82, 2.24) is 4.98 Å². The minimum absolute atomic E-state index is 0.285. The van der Waals surface area contributed by atoms with Crippen LogP contribution in [0.2, 0.25) is 0 Å². The van der Waals surface area contributed by atoms with Crippen LogP contribution in [0, 0.1) is 24.2 Å². The van der Waals surface area contributed by atoms with E-state index in [1.165, 1.54) is 43.8 Å². The molecule has 0 radical (unpaired) electrons. The zero-order chi connectivity index (χ0) is 15.1. The number of aromatic nitrogens is 1. The lowest BCUT2D eigenvalue weighted by Gasteiger charge is -2.27. The van der Waals surface area contributed by atoms with E-state index in [4.69, 9.17) is 0 Å². The molecule has 0 spiro atoms. The van der Waals surface area contributed by atoms with Gasteiger partial charge < -0.3 is 4.90 Å². The molecule has 5 heteroatoms. The van der Waals surface area contributed by atoms with Gasteiger partial charge in [-0.15, -0.1) is 11.3 Å². The van der Waals surface area contributed by atoms with Crippen LogP contribution in [0.15, 0.2) is 10.4 Å². The smallest absolute Gasteiger partial charge is 0.133 e. The highest BCUT2D eigenvalue weighted by molar-refractivity contribution is 7.09. The largest absolute Gasteiger partial charge is 0.335 e. The summed E-state index contributed by atoms with van der Waals surface area (Å²) >= 11 is 1.54. The maximum absolute atomic E-state index is 9.20. The van der Waals surface area contributed by atoms with Gasteiger partial charge in [-0.2, -0.15) is 5.26 Å². The molecule has 1 saturated heterocycles. The molecule has 0 amide bonds. The Balaban J connectivity index is 1.68. The maximum Gasteiger partial charge on any atom is 0.133 e. The van der Waals surface area contributed by atoms with Gasteiger partial charge in [0, 0.05) is 30.3 Å². The Morgan fingerprint density at radius 2 is 2.33 bits per heavy atom. The third-order valence-electron chi connectivity index (χ3n) is 4.10. The number of likely N-dealkylation sites (tertiary alicyclic amines) is 1. The van der Waals surface area contributed by atoms with Crippen LogP contribution >= 0.6 is 11.3 Å². The third kappa shape index (κ3) is 5.22. The van der Waals surface area contributed by atoms with Gasteiger partial charge in [0.15, 0.2) is 0 Å². The zero-order valence-electron chi connectivity index (χ0n) is 13.0. The molecule has 0 unspecified atom stereocenters. The van der Waals surface area contributed by atoms with Crippen molar-refractivity contribution in [1.29, 1.82) is 5.26 Å². The van der Waals surface area contributed by atoms with E-state index in [0.717, 1.165) is 29.6 Å². The van der Waals surface area contributed by atoms with Gasteiger partial charge in [-0.3, -0.25) is 4.99 Å². The van der Waals surface area contributed by atoms with E-state index in [1.54, 1.807) is 11.1 Å². The molecular formula is C16H25N4S+. The molecule has 0 saturated carbocycles. The van der Waals surface area contributed by atoms with Crippen molar-refractivity contribution in [2.45, 2.75) is 39.0 Å². The molecule has 1 aliphatic rings. The monoisotopic (exact) mass is 305 g/mol. The lowest BCUT2D eigenvalue weighted by Crippen LogP contribution is -3.13. The highest BCUT2D eigenvalue weighted by atomic mass is 32.1. The molecule has 2 rings (SSSR count). The number of nitrogens with zero attached hydrogens (tertiary/aromatic N) is 3. The Kier molecular flexibility index (Phi) is 6.34. The number of nitriles is 1. The van der Waals surface area contributed by atoms with Crippen molar-refractivity contribution in [3.05, 3.63) is 16.1 Å². The number of rotatable bonds is 6. The van der Waals surface area contributed by atoms with Gasteiger partial charge in [0.2, 0.25) is 0 Å². The second-order valence-corrected chi connectivity index (χ2v) is 6.91. The van der Waals surface area contributed by atoms with Crippen molar-refractivity contribution < 1.29 is 4.90 Å². The Bertz CT molecular complexity index is 495. The summed E-state index contributed by atoms with van der Waals surface area (Å²) in [6.07, 6.45) is 5.60. The van der Waals surface area contributed by atoms with Gasteiger partial charge in [-0.05, 0) is 25.7 Å². The zero-order valence-corrected chi connectivity index (χ0v) is 13.8. The van der Waals surface area contributed by atoms with Crippen molar-refractivity contribution in [3.63, 3.8) is 0 Å². The van der Waals surface area contributed by atoms with Gasteiger partial charge in [0.05, 0.1) is 25.7 Å². The highest BCUT2D eigenvalue weighted by Crippen LogP contribution is 2.17. The summed E-state index contributed by atoms with van der Waals surface area (Å²) in [5, 5.41) is 12.0. The van der Waals surface area contributed by atoms with Crippen LogP contribution in [0.4, 0.5) is 0 Å². The minimum atomic E-state index is -0.285. The molecular weight excluding hydrogens is 280 g/mol. The van der Waals surface area contributed by atoms with E-state index < -0.39 is 0 Å². The maximum atomic E-state index is 9.20. The summed E-state index contributed by atoms with van der Waals surface area (Å²) in [6.45, 7) is 8.95. The Morgan fingerprint density at radius 1 is 1.57 bits per heavy atom. The molecule has 1 aromatic rings. The molecule has 1 N–H and O–H groups in total. The predicted octanol–water partition coefficient (Wildman–Crippen LogP) is 1.83. The Morgan fingerprint density at radius 3 is 2.95 bits per heavy atom. The van der Waals surface area contributed by atoms with E-state index in [-0.39, 0.29) is 5.92 Å². The number of piperidine rings is 1. The fourth-order valence-corrected chi connectivity index (χ4v) is 3.49. The third-order valence-corrected chi connectivity index (χ3v) is 5.14. The molecule has 21 heavy (non-hydrogen) atoms. The topological polar surface area (TPSA) is 53.5 Å². The molecule has 114 valence electrons. The first kappa shape index (κ1) is 16.1. The predicted molar refractivity (Wildman–Crippen MR) is 87.1 cm³/mol. The number of nitrogens with one attached hydrogen (secondary N) is 1.